The van der Waals surface area contributed by atoms with E-state index >= 15 is 0 Å². The zero-order chi connectivity index (χ0) is 21.9. The number of nitrogens with zero attached hydrogens (tertiary/aromatic N) is 1. The molecule has 3 rings (SSSR count). The summed E-state index contributed by atoms with van der Waals surface area (Å²) < 4.78 is 16.3. The van der Waals surface area contributed by atoms with Gasteiger partial charge in [-0.05, 0) is 48.9 Å². The molecule has 0 spiro atoms. The van der Waals surface area contributed by atoms with Crippen LogP contribution >= 0.6 is 0 Å². The van der Waals surface area contributed by atoms with Gasteiger partial charge in [0.1, 0.15) is 5.75 Å². The summed E-state index contributed by atoms with van der Waals surface area (Å²) in [5.74, 6) is 0.557. The monoisotopic (exact) mass is 418 g/mol. The maximum absolute atomic E-state index is 12.1. The Morgan fingerprint density at radius 2 is 1.61 bits per heavy atom. The maximum Gasteiger partial charge on any atom is 0.343 e. The van der Waals surface area contributed by atoms with Crippen LogP contribution in [0.3, 0.4) is 0 Å². The van der Waals surface area contributed by atoms with Crippen LogP contribution in [0.5, 0.6) is 17.2 Å². The molecule has 0 saturated heterocycles. The Bertz CT molecular complexity index is 1050. The van der Waals surface area contributed by atoms with Crippen molar-refractivity contribution in [1.29, 1.82) is 0 Å². The van der Waals surface area contributed by atoms with Crippen molar-refractivity contribution in [3.05, 3.63) is 90.0 Å². The maximum atomic E-state index is 12.1. The SMILES string of the molecule is CCOc1ccccc1OCC(=O)N/N=C/c1cccc(OC(=O)c2ccccc2)c1. The van der Waals surface area contributed by atoms with E-state index in [1.807, 2.05) is 19.1 Å². The summed E-state index contributed by atoms with van der Waals surface area (Å²) in [6, 6.07) is 22.6. The predicted molar refractivity (Wildman–Crippen MR) is 117 cm³/mol. The summed E-state index contributed by atoms with van der Waals surface area (Å²) >= 11 is 0. The molecule has 1 N–H and O–H groups in total. The van der Waals surface area contributed by atoms with Gasteiger partial charge in [0.25, 0.3) is 5.91 Å². The summed E-state index contributed by atoms with van der Waals surface area (Å²) in [6.45, 7) is 2.16. The van der Waals surface area contributed by atoms with Gasteiger partial charge >= 0.3 is 5.97 Å². The zero-order valence-electron chi connectivity index (χ0n) is 17.0. The van der Waals surface area contributed by atoms with Crippen molar-refractivity contribution in [2.75, 3.05) is 13.2 Å². The fourth-order valence-electron chi connectivity index (χ4n) is 2.60. The zero-order valence-corrected chi connectivity index (χ0v) is 17.0. The summed E-state index contributed by atoms with van der Waals surface area (Å²) in [5, 5.41) is 3.91. The van der Waals surface area contributed by atoms with Crippen molar-refractivity contribution in [3.8, 4) is 17.2 Å². The van der Waals surface area contributed by atoms with Crippen LogP contribution in [0.4, 0.5) is 0 Å². The van der Waals surface area contributed by atoms with Gasteiger partial charge in [-0.3, -0.25) is 4.79 Å². The molecule has 0 aliphatic heterocycles. The van der Waals surface area contributed by atoms with Gasteiger partial charge in [0, 0.05) is 0 Å². The van der Waals surface area contributed by atoms with Crippen molar-refractivity contribution in [2.24, 2.45) is 5.10 Å². The molecule has 7 nitrogen and oxygen atoms in total. The molecule has 0 radical (unpaired) electrons. The van der Waals surface area contributed by atoms with Crippen LogP contribution in [0, 0.1) is 0 Å². The lowest BCUT2D eigenvalue weighted by molar-refractivity contribution is -0.123. The highest BCUT2D eigenvalue weighted by atomic mass is 16.5. The first kappa shape index (κ1) is 21.6. The van der Waals surface area contributed by atoms with E-state index in [1.54, 1.807) is 66.7 Å². The number of carbonyl (C=O) groups is 2. The van der Waals surface area contributed by atoms with Crippen LogP contribution in [-0.4, -0.2) is 31.3 Å². The van der Waals surface area contributed by atoms with E-state index < -0.39 is 11.9 Å². The number of amides is 1. The average molecular weight is 418 g/mol. The summed E-state index contributed by atoms with van der Waals surface area (Å²) in [7, 11) is 0. The standard InChI is InChI=1S/C24H22N2O5/c1-2-29-21-13-6-7-14-22(21)30-17-23(27)26-25-16-18-9-8-12-20(15-18)31-24(28)19-10-4-3-5-11-19/h3-16H,2,17H2,1H3,(H,26,27)/b25-16+. The Hall–Kier alpha value is -4.13. The van der Waals surface area contributed by atoms with E-state index in [4.69, 9.17) is 14.2 Å². The topological polar surface area (TPSA) is 86.2 Å². The summed E-state index contributed by atoms with van der Waals surface area (Å²) in [6.07, 6.45) is 1.45. The molecule has 0 aliphatic carbocycles. The smallest absolute Gasteiger partial charge is 0.343 e. The van der Waals surface area contributed by atoms with Crippen LogP contribution in [0.25, 0.3) is 0 Å². The molecular formula is C24H22N2O5. The van der Waals surface area contributed by atoms with Crippen LogP contribution in [0.1, 0.15) is 22.8 Å². The molecule has 1 amide bonds. The fraction of sp³-hybridized carbons (Fsp3) is 0.125. The van der Waals surface area contributed by atoms with Crippen molar-refractivity contribution in [3.63, 3.8) is 0 Å². The lowest BCUT2D eigenvalue weighted by atomic mass is 10.2. The number of ether oxygens (including phenoxy) is 3. The second-order valence-corrected chi connectivity index (χ2v) is 6.29. The Kier molecular flexibility index (Phi) is 7.77. The first-order valence-electron chi connectivity index (χ1n) is 9.69. The minimum Gasteiger partial charge on any atom is -0.490 e. The Balaban J connectivity index is 1.51. The van der Waals surface area contributed by atoms with Gasteiger partial charge in [-0.25, -0.2) is 10.2 Å². The molecule has 0 bridgehead atoms. The molecule has 0 aromatic heterocycles. The van der Waals surface area contributed by atoms with Crippen molar-refractivity contribution < 1.29 is 23.8 Å². The number of nitrogens with one attached hydrogen (secondary N) is 1. The van der Waals surface area contributed by atoms with E-state index in [9.17, 15) is 9.59 Å². The predicted octanol–water partition coefficient (Wildman–Crippen LogP) is 3.83. The summed E-state index contributed by atoms with van der Waals surface area (Å²) in [5.41, 5.74) is 3.51. The molecular weight excluding hydrogens is 396 g/mol. The van der Waals surface area contributed by atoms with E-state index in [1.165, 1.54) is 6.21 Å². The molecule has 3 aromatic carbocycles. The molecule has 0 aliphatic rings. The first-order valence-corrected chi connectivity index (χ1v) is 9.69. The molecule has 3 aromatic rings. The minimum atomic E-state index is -0.451. The number of carbonyl (C=O) groups excluding carboxylic acids is 2. The highest BCUT2D eigenvalue weighted by Gasteiger charge is 2.08. The average Bonchev–Trinajstić information content (AvgIpc) is 2.79. The van der Waals surface area contributed by atoms with Gasteiger partial charge in [-0.2, -0.15) is 5.10 Å². The number of benzene rings is 3. The Labute approximate surface area is 180 Å². The molecule has 0 atom stereocenters. The minimum absolute atomic E-state index is 0.212. The normalized spacial score (nSPS) is 10.5. The lowest BCUT2D eigenvalue weighted by Crippen LogP contribution is -2.24. The number of hydrazone groups is 1. The van der Waals surface area contributed by atoms with Gasteiger partial charge in [0.05, 0.1) is 18.4 Å². The number of para-hydroxylation sites is 2. The third-order valence-electron chi connectivity index (χ3n) is 3.99. The fourth-order valence-corrected chi connectivity index (χ4v) is 2.60. The molecule has 158 valence electrons. The molecule has 31 heavy (non-hydrogen) atoms. The van der Waals surface area contributed by atoms with Gasteiger partial charge in [-0.15, -0.1) is 0 Å². The highest BCUT2D eigenvalue weighted by Crippen LogP contribution is 2.26. The highest BCUT2D eigenvalue weighted by molar-refractivity contribution is 5.91. The number of rotatable bonds is 9. The van der Waals surface area contributed by atoms with Crippen molar-refractivity contribution in [1.82, 2.24) is 5.43 Å². The van der Waals surface area contributed by atoms with Crippen LogP contribution in [0.2, 0.25) is 0 Å². The first-order chi connectivity index (χ1) is 15.2. The van der Waals surface area contributed by atoms with E-state index in [-0.39, 0.29) is 6.61 Å². The molecule has 0 unspecified atom stereocenters. The number of esters is 1. The molecule has 0 fully saturated rings. The Morgan fingerprint density at radius 3 is 2.35 bits per heavy atom. The second kappa shape index (κ2) is 11.2. The molecule has 7 heteroatoms. The third-order valence-corrected chi connectivity index (χ3v) is 3.99. The molecule has 0 saturated carbocycles. The van der Waals surface area contributed by atoms with Crippen molar-refractivity contribution >= 4 is 18.1 Å². The Morgan fingerprint density at radius 1 is 0.903 bits per heavy atom. The quantitative estimate of drug-likeness (QED) is 0.247. The number of hydrogen-bond acceptors (Lipinski definition) is 6. The van der Waals surface area contributed by atoms with E-state index in [0.29, 0.717) is 35.0 Å². The van der Waals surface area contributed by atoms with E-state index in [0.717, 1.165) is 0 Å². The van der Waals surface area contributed by atoms with Crippen LogP contribution in [-0.2, 0) is 4.79 Å². The third kappa shape index (κ3) is 6.71. The summed E-state index contributed by atoms with van der Waals surface area (Å²) in [4.78, 5) is 24.1. The number of hydrogen-bond donors (Lipinski definition) is 1. The van der Waals surface area contributed by atoms with Crippen LogP contribution < -0.4 is 19.6 Å². The van der Waals surface area contributed by atoms with Gasteiger partial charge in [0.2, 0.25) is 0 Å². The van der Waals surface area contributed by atoms with Gasteiger partial charge in [-0.1, -0.05) is 42.5 Å². The second-order valence-electron chi connectivity index (χ2n) is 6.29. The van der Waals surface area contributed by atoms with E-state index in [2.05, 4.69) is 10.5 Å². The van der Waals surface area contributed by atoms with Crippen molar-refractivity contribution in [2.45, 2.75) is 6.92 Å². The lowest BCUT2D eigenvalue weighted by Gasteiger charge is -2.10. The van der Waals surface area contributed by atoms with Gasteiger partial charge < -0.3 is 14.2 Å². The van der Waals surface area contributed by atoms with Gasteiger partial charge in [0.15, 0.2) is 18.1 Å². The largest absolute Gasteiger partial charge is 0.490 e. The van der Waals surface area contributed by atoms with Crippen LogP contribution in [0.15, 0.2) is 84.0 Å². The molecule has 0 heterocycles.